The molecule has 0 saturated heterocycles. The molecular formula is C13H19N3O5. The van der Waals surface area contributed by atoms with Gasteiger partial charge in [0.15, 0.2) is 0 Å². The Morgan fingerprint density at radius 1 is 1.33 bits per heavy atom. The number of benzene rings is 1. The number of carbonyl (C=O) groups excluding carboxylic acids is 2. The highest BCUT2D eigenvalue weighted by Gasteiger charge is 2.13. The Kier molecular flexibility index (Phi) is 8.13. The topological polar surface area (TPSA) is 139 Å². The van der Waals surface area contributed by atoms with Gasteiger partial charge in [-0.15, -0.1) is 0 Å². The van der Waals surface area contributed by atoms with Crippen LogP contribution in [0.1, 0.15) is 20.3 Å². The van der Waals surface area contributed by atoms with Crippen molar-refractivity contribution in [2.45, 2.75) is 20.3 Å². The van der Waals surface area contributed by atoms with E-state index in [1.807, 2.05) is 0 Å². The van der Waals surface area contributed by atoms with Crippen molar-refractivity contribution in [1.82, 2.24) is 0 Å². The van der Waals surface area contributed by atoms with Gasteiger partial charge in [0.05, 0.1) is 18.0 Å². The van der Waals surface area contributed by atoms with E-state index in [0.717, 1.165) is 0 Å². The van der Waals surface area contributed by atoms with Crippen LogP contribution in [-0.2, 0) is 14.3 Å². The number of non-ortho nitro benzene ring substituents is 1. The van der Waals surface area contributed by atoms with Gasteiger partial charge in [-0.2, -0.15) is 0 Å². The molecule has 116 valence electrons. The Balaban J connectivity index is 0.000000382. The summed E-state index contributed by atoms with van der Waals surface area (Å²) >= 11 is 0. The standard InChI is InChI=1S/C7H13NO3.C6H6N2O2/c1-3-11-6(9)4-5(2)7(8)10;7-5-1-3-6(4-2-5)8(9)10/h5H,3-4H2,1-2H3,(H2,8,10);1-4H,7H2. The lowest BCUT2D eigenvalue weighted by Crippen LogP contribution is -2.23. The third-order valence-corrected chi connectivity index (χ3v) is 2.37. The molecule has 8 heteroatoms. The Hall–Kier alpha value is -2.64. The van der Waals surface area contributed by atoms with Crippen LogP contribution in [0.4, 0.5) is 11.4 Å². The van der Waals surface area contributed by atoms with Gasteiger partial charge < -0.3 is 16.2 Å². The first kappa shape index (κ1) is 18.4. The number of nitro groups is 1. The fourth-order valence-corrected chi connectivity index (χ4v) is 1.17. The zero-order valence-corrected chi connectivity index (χ0v) is 11.9. The van der Waals surface area contributed by atoms with E-state index in [0.29, 0.717) is 12.3 Å². The van der Waals surface area contributed by atoms with Gasteiger partial charge in [0, 0.05) is 23.7 Å². The molecule has 0 aromatic heterocycles. The lowest BCUT2D eigenvalue weighted by atomic mass is 10.1. The number of esters is 1. The van der Waals surface area contributed by atoms with Crippen molar-refractivity contribution in [2.24, 2.45) is 11.7 Å². The predicted molar refractivity (Wildman–Crippen MR) is 77.1 cm³/mol. The molecule has 0 heterocycles. The van der Waals surface area contributed by atoms with E-state index in [2.05, 4.69) is 4.74 Å². The van der Waals surface area contributed by atoms with E-state index < -0.39 is 16.7 Å². The van der Waals surface area contributed by atoms with Crippen LogP contribution in [0.2, 0.25) is 0 Å². The van der Waals surface area contributed by atoms with Crippen LogP contribution in [0.5, 0.6) is 0 Å². The van der Waals surface area contributed by atoms with Crippen molar-refractivity contribution in [1.29, 1.82) is 0 Å². The van der Waals surface area contributed by atoms with Crippen molar-refractivity contribution in [3.63, 3.8) is 0 Å². The number of ether oxygens (including phenoxy) is 1. The molecule has 0 aliphatic carbocycles. The second-order valence-corrected chi connectivity index (χ2v) is 4.16. The minimum absolute atomic E-state index is 0.0641. The summed E-state index contributed by atoms with van der Waals surface area (Å²) in [6, 6.07) is 5.74. The van der Waals surface area contributed by atoms with E-state index in [1.165, 1.54) is 24.3 Å². The van der Waals surface area contributed by atoms with Crippen LogP contribution in [0.3, 0.4) is 0 Å². The highest BCUT2D eigenvalue weighted by atomic mass is 16.6. The largest absolute Gasteiger partial charge is 0.466 e. The molecule has 0 aliphatic heterocycles. The van der Waals surface area contributed by atoms with Crippen LogP contribution >= 0.6 is 0 Å². The average molecular weight is 297 g/mol. The van der Waals surface area contributed by atoms with Crippen LogP contribution in [0.15, 0.2) is 24.3 Å². The fraction of sp³-hybridized carbons (Fsp3) is 0.385. The Bertz CT molecular complexity index is 487. The van der Waals surface area contributed by atoms with Gasteiger partial charge in [0.1, 0.15) is 0 Å². The quantitative estimate of drug-likeness (QED) is 0.363. The maximum absolute atomic E-state index is 10.7. The molecule has 0 saturated carbocycles. The van der Waals surface area contributed by atoms with Crippen LogP contribution in [0.25, 0.3) is 0 Å². The smallest absolute Gasteiger partial charge is 0.306 e. The maximum Gasteiger partial charge on any atom is 0.306 e. The van der Waals surface area contributed by atoms with Gasteiger partial charge >= 0.3 is 5.97 Å². The van der Waals surface area contributed by atoms with Gasteiger partial charge in [-0.3, -0.25) is 19.7 Å². The van der Waals surface area contributed by atoms with Crippen molar-refractivity contribution >= 4 is 23.3 Å². The number of nitrogens with zero attached hydrogens (tertiary/aromatic N) is 1. The number of hydrogen-bond acceptors (Lipinski definition) is 6. The molecule has 0 aliphatic rings. The fourth-order valence-electron chi connectivity index (χ4n) is 1.17. The summed E-state index contributed by atoms with van der Waals surface area (Å²) in [6.45, 7) is 3.65. The molecule has 1 rings (SSSR count). The molecule has 1 atom stereocenters. The SMILES string of the molecule is CCOC(=O)CC(C)C(N)=O.Nc1ccc([N+](=O)[O-])cc1. The minimum Gasteiger partial charge on any atom is -0.466 e. The van der Waals surface area contributed by atoms with Crippen molar-refractivity contribution < 1.29 is 19.2 Å². The minimum atomic E-state index is -0.474. The molecule has 0 fully saturated rings. The molecule has 1 aromatic rings. The van der Waals surface area contributed by atoms with E-state index in [9.17, 15) is 19.7 Å². The first-order chi connectivity index (χ1) is 9.77. The first-order valence-corrected chi connectivity index (χ1v) is 6.22. The zero-order valence-electron chi connectivity index (χ0n) is 11.9. The normalized spacial score (nSPS) is 10.8. The summed E-state index contributed by atoms with van der Waals surface area (Å²) in [4.78, 5) is 30.8. The first-order valence-electron chi connectivity index (χ1n) is 6.22. The lowest BCUT2D eigenvalue weighted by Gasteiger charge is -2.05. The van der Waals surface area contributed by atoms with Gasteiger partial charge in [-0.05, 0) is 19.1 Å². The molecule has 8 nitrogen and oxygen atoms in total. The van der Waals surface area contributed by atoms with Crippen LogP contribution in [-0.4, -0.2) is 23.4 Å². The summed E-state index contributed by atoms with van der Waals surface area (Å²) in [5, 5.41) is 10.1. The Morgan fingerprint density at radius 3 is 2.24 bits per heavy atom. The third kappa shape index (κ3) is 8.19. The number of amides is 1. The van der Waals surface area contributed by atoms with Crippen LogP contribution in [0, 0.1) is 16.0 Å². The molecule has 0 spiro atoms. The second-order valence-electron chi connectivity index (χ2n) is 4.16. The number of anilines is 1. The van der Waals surface area contributed by atoms with Gasteiger partial charge in [-0.25, -0.2) is 0 Å². The van der Waals surface area contributed by atoms with Crippen LogP contribution < -0.4 is 11.5 Å². The number of hydrogen-bond donors (Lipinski definition) is 2. The highest BCUT2D eigenvalue weighted by Crippen LogP contribution is 2.12. The molecule has 1 amide bonds. The number of nitro benzene ring substituents is 1. The van der Waals surface area contributed by atoms with E-state index in [1.54, 1.807) is 13.8 Å². The van der Waals surface area contributed by atoms with Gasteiger partial charge in [0.25, 0.3) is 5.69 Å². The molecule has 4 N–H and O–H groups in total. The predicted octanol–water partition coefficient (Wildman–Crippen LogP) is 1.24. The summed E-state index contributed by atoms with van der Waals surface area (Å²) in [6.07, 6.45) is 0.0726. The molecule has 21 heavy (non-hydrogen) atoms. The third-order valence-electron chi connectivity index (χ3n) is 2.37. The Labute approximate surface area is 122 Å². The maximum atomic E-state index is 10.7. The van der Waals surface area contributed by atoms with E-state index in [-0.39, 0.29) is 18.1 Å². The average Bonchev–Trinajstić information content (AvgIpc) is 2.40. The zero-order chi connectivity index (χ0) is 16.4. The van der Waals surface area contributed by atoms with E-state index >= 15 is 0 Å². The molecule has 1 aromatic carbocycles. The second kappa shape index (κ2) is 9.29. The van der Waals surface area contributed by atoms with Gasteiger partial charge in [-0.1, -0.05) is 6.92 Å². The van der Waals surface area contributed by atoms with Gasteiger partial charge in [0.2, 0.25) is 5.91 Å². The Morgan fingerprint density at radius 2 is 1.86 bits per heavy atom. The number of rotatable bonds is 5. The number of nitrogens with two attached hydrogens (primary N) is 2. The number of nitrogen functional groups attached to an aromatic ring is 1. The monoisotopic (exact) mass is 297 g/mol. The summed E-state index contributed by atoms with van der Waals surface area (Å²) in [5.41, 5.74) is 10.8. The van der Waals surface area contributed by atoms with Crippen molar-refractivity contribution in [3.05, 3.63) is 34.4 Å². The molecule has 0 radical (unpaired) electrons. The summed E-state index contributed by atoms with van der Waals surface area (Å²) in [7, 11) is 0. The molecule has 1 unspecified atom stereocenters. The highest BCUT2D eigenvalue weighted by molar-refractivity contribution is 5.82. The molecule has 0 bridgehead atoms. The lowest BCUT2D eigenvalue weighted by molar-refractivity contribution is -0.384. The molecular weight excluding hydrogens is 278 g/mol. The van der Waals surface area contributed by atoms with E-state index in [4.69, 9.17) is 11.5 Å². The number of carbonyl (C=O) groups is 2. The van der Waals surface area contributed by atoms with Crippen molar-refractivity contribution in [3.8, 4) is 0 Å². The number of primary amides is 1. The summed E-state index contributed by atoms with van der Waals surface area (Å²) < 4.78 is 4.62. The summed E-state index contributed by atoms with van der Waals surface area (Å²) in [5.74, 6) is -1.29. The van der Waals surface area contributed by atoms with Crippen molar-refractivity contribution in [2.75, 3.05) is 12.3 Å².